The van der Waals surface area contributed by atoms with Crippen molar-refractivity contribution in [3.05, 3.63) is 0 Å². The van der Waals surface area contributed by atoms with Gasteiger partial charge in [-0.05, 0) is 13.8 Å². The zero-order valence-corrected chi connectivity index (χ0v) is 18.1. The third kappa shape index (κ3) is 16.0. The molecule has 0 aromatic heterocycles. The summed E-state index contributed by atoms with van der Waals surface area (Å²) >= 11 is 0. The van der Waals surface area contributed by atoms with Crippen molar-refractivity contribution in [3.63, 3.8) is 0 Å². The van der Waals surface area contributed by atoms with Crippen molar-refractivity contribution in [3.8, 4) is 0 Å². The van der Waals surface area contributed by atoms with E-state index in [9.17, 15) is 19.2 Å². The number of ether oxygens (including phenoxy) is 7. The number of hydrogen-bond acceptors (Lipinski definition) is 13. The van der Waals surface area contributed by atoms with Crippen LogP contribution < -0.4 is 0 Å². The summed E-state index contributed by atoms with van der Waals surface area (Å²) in [6.45, 7) is 2.57. The Morgan fingerprint density at radius 2 is 1.10 bits per heavy atom. The zero-order chi connectivity index (χ0) is 23.5. The second-order valence-electron chi connectivity index (χ2n) is 5.73. The number of hydrogen-bond donors (Lipinski definition) is 0. The highest BCUT2D eigenvalue weighted by molar-refractivity contribution is 5.84. The van der Waals surface area contributed by atoms with Crippen LogP contribution in [0.15, 0.2) is 0 Å². The van der Waals surface area contributed by atoms with E-state index in [0.29, 0.717) is 0 Å². The minimum absolute atomic E-state index is 0.0379. The summed E-state index contributed by atoms with van der Waals surface area (Å²) < 4.78 is 33.1. The second kappa shape index (κ2) is 18.3. The lowest BCUT2D eigenvalue weighted by Gasteiger charge is -2.13. The normalized spacial score (nSPS) is 12.4. The van der Waals surface area contributed by atoms with Gasteiger partial charge in [0.15, 0.2) is 18.0 Å². The smallest absolute Gasteiger partial charge is 0.461 e. The largest absolute Gasteiger partial charge is 0.509 e. The van der Waals surface area contributed by atoms with E-state index in [0.717, 1.165) is 0 Å². The fraction of sp³-hybridized carbons (Fsp3) is 0.778. The number of esters is 1. The summed E-state index contributed by atoms with van der Waals surface area (Å²) in [7, 11) is 2.91. The van der Waals surface area contributed by atoms with Crippen molar-refractivity contribution >= 4 is 24.1 Å². The van der Waals surface area contributed by atoms with Gasteiger partial charge in [-0.1, -0.05) is 0 Å². The molecule has 0 aromatic carbocycles. The summed E-state index contributed by atoms with van der Waals surface area (Å²) in [5, 5.41) is 0. The summed E-state index contributed by atoms with van der Waals surface area (Å²) in [6.07, 6.45) is -4.08. The van der Waals surface area contributed by atoms with Gasteiger partial charge in [-0.15, -0.1) is 0 Å². The molecule has 0 saturated carbocycles. The molecule has 0 fully saturated rings. The van der Waals surface area contributed by atoms with Crippen molar-refractivity contribution in [1.82, 2.24) is 0 Å². The molecule has 180 valence electrons. The van der Waals surface area contributed by atoms with Crippen LogP contribution in [0.1, 0.15) is 20.3 Å². The standard InChI is InChI=1S/C18H30O13/c1-13(15(19)5-6-23-3)30-17(21)26-9-11-28-29-12-10-27-18(22)31-14(2)16(20)25-8-7-24-4/h13-14H,5-12H2,1-4H3. The quantitative estimate of drug-likeness (QED) is 0.100. The summed E-state index contributed by atoms with van der Waals surface area (Å²) in [4.78, 5) is 55.3. The molecule has 31 heavy (non-hydrogen) atoms. The van der Waals surface area contributed by atoms with Gasteiger partial charge in [0, 0.05) is 20.6 Å². The number of rotatable bonds is 17. The van der Waals surface area contributed by atoms with Crippen LogP contribution in [-0.2, 0) is 52.5 Å². The van der Waals surface area contributed by atoms with E-state index in [1.54, 1.807) is 0 Å². The first-order valence-corrected chi connectivity index (χ1v) is 9.40. The molecule has 0 radical (unpaired) electrons. The molecule has 0 heterocycles. The van der Waals surface area contributed by atoms with Crippen molar-refractivity contribution in [2.75, 3.05) is 60.5 Å². The van der Waals surface area contributed by atoms with Gasteiger partial charge in [0.25, 0.3) is 0 Å². The predicted molar refractivity (Wildman–Crippen MR) is 100 cm³/mol. The van der Waals surface area contributed by atoms with Gasteiger partial charge in [0.1, 0.15) is 33.0 Å². The molecule has 2 unspecified atom stereocenters. The van der Waals surface area contributed by atoms with Crippen LogP contribution in [0.5, 0.6) is 0 Å². The average Bonchev–Trinajstić information content (AvgIpc) is 2.73. The van der Waals surface area contributed by atoms with Crippen LogP contribution in [-0.4, -0.2) is 96.7 Å². The van der Waals surface area contributed by atoms with Crippen molar-refractivity contribution < 1.29 is 62.1 Å². The van der Waals surface area contributed by atoms with E-state index < -0.39 is 30.5 Å². The van der Waals surface area contributed by atoms with E-state index in [-0.39, 0.29) is 58.5 Å². The zero-order valence-electron chi connectivity index (χ0n) is 18.1. The minimum Gasteiger partial charge on any atom is -0.461 e. The average molecular weight is 454 g/mol. The second-order valence-corrected chi connectivity index (χ2v) is 5.73. The molecule has 0 spiro atoms. The van der Waals surface area contributed by atoms with Crippen LogP contribution >= 0.6 is 0 Å². The van der Waals surface area contributed by atoms with Crippen molar-refractivity contribution in [2.24, 2.45) is 0 Å². The maximum Gasteiger partial charge on any atom is 0.509 e. The molecule has 2 atom stereocenters. The lowest BCUT2D eigenvalue weighted by atomic mass is 10.2. The van der Waals surface area contributed by atoms with Crippen LogP contribution in [0.25, 0.3) is 0 Å². The van der Waals surface area contributed by atoms with Crippen molar-refractivity contribution in [2.45, 2.75) is 32.5 Å². The van der Waals surface area contributed by atoms with Gasteiger partial charge >= 0.3 is 18.3 Å². The number of carbonyl (C=O) groups excluding carboxylic acids is 4. The summed E-state index contributed by atoms with van der Waals surface area (Å²) in [5.74, 6) is -1.03. The molecule has 0 aromatic rings. The van der Waals surface area contributed by atoms with Crippen LogP contribution in [0.4, 0.5) is 9.59 Å². The van der Waals surface area contributed by atoms with Gasteiger partial charge in [-0.25, -0.2) is 24.2 Å². The van der Waals surface area contributed by atoms with Crippen LogP contribution in [0, 0.1) is 0 Å². The van der Waals surface area contributed by atoms with E-state index in [1.165, 1.54) is 28.1 Å². The topological polar surface area (TPSA) is 151 Å². The summed E-state index contributed by atoms with van der Waals surface area (Å²) in [5.41, 5.74) is 0. The maximum absolute atomic E-state index is 11.6. The Morgan fingerprint density at radius 3 is 1.61 bits per heavy atom. The highest BCUT2D eigenvalue weighted by atomic mass is 17.2. The molecule has 0 aliphatic heterocycles. The molecular formula is C18H30O13. The SMILES string of the molecule is COCCOC(=O)C(C)OC(=O)OCCOOCCOC(=O)OC(C)C(=O)CCOC. The van der Waals surface area contributed by atoms with Gasteiger partial charge in [0.2, 0.25) is 0 Å². The Balaban J connectivity index is 3.68. The number of ketones is 1. The molecule has 0 aliphatic carbocycles. The fourth-order valence-electron chi connectivity index (χ4n) is 1.66. The molecule has 13 nitrogen and oxygen atoms in total. The van der Waals surface area contributed by atoms with Crippen molar-refractivity contribution in [1.29, 1.82) is 0 Å². The molecule has 0 N–H and O–H groups in total. The molecule has 0 aliphatic rings. The van der Waals surface area contributed by atoms with E-state index in [4.69, 9.17) is 38.2 Å². The molecular weight excluding hydrogens is 424 g/mol. The highest BCUT2D eigenvalue weighted by Crippen LogP contribution is 2.00. The first-order chi connectivity index (χ1) is 14.8. The number of methoxy groups -OCH3 is 2. The molecule has 0 amide bonds. The third-order valence-corrected chi connectivity index (χ3v) is 3.27. The Bertz CT molecular complexity index is 537. The number of Topliss-reactive ketones (excluding diaryl/α,β-unsaturated/α-hetero) is 1. The van der Waals surface area contributed by atoms with Gasteiger partial charge < -0.3 is 33.2 Å². The Labute approximate surface area is 180 Å². The van der Waals surface area contributed by atoms with Crippen LogP contribution in [0.2, 0.25) is 0 Å². The van der Waals surface area contributed by atoms with Gasteiger partial charge in [0.05, 0.1) is 13.2 Å². The monoisotopic (exact) mass is 454 g/mol. The number of carbonyl (C=O) groups is 4. The lowest BCUT2D eigenvalue weighted by Crippen LogP contribution is -2.28. The highest BCUT2D eigenvalue weighted by Gasteiger charge is 2.20. The molecule has 13 heteroatoms. The predicted octanol–water partition coefficient (Wildman–Crippen LogP) is 0.813. The Morgan fingerprint density at radius 1 is 0.613 bits per heavy atom. The minimum atomic E-state index is -1.14. The van der Waals surface area contributed by atoms with E-state index >= 15 is 0 Å². The Kier molecular flexibility index (Phi) is 16.8. The molecule has 0 bridgehead atoms. The third-order valence-electron chi connectivity index (χ3n) is 3.27. The van der Waals surface area contributed by atoms with Crippen LogP contribution in [0.3, 0.4) is 0 Å². The molecule has 0 rings (SSSR count). The van der Waals surface area contributed by atoms with Gasteiger partial charge in [-0.2, -0.15) is 0 Å². The maximum atomic E-state index is 11.6. The first-order valence-electron chi connectivity index (χ1n) is 9.40. The van der Waals surface area contributed by atoms with Gasteiger partial charge in [-0.3, -0.25) is 4.79 Å². The summed E-state index contributed by atoms with van der Waals surface area (Å²) in [6, 6.07) is 0. The van der Waals surface area contributed by atoms with E-state index in [1.807, 2.05) is 0 Å². The fourth-order valence-corrected chi connectivity index (χ4v) is 1.66. The lowest BCUT2D eigenvalue weighted by molar-refractivity contribution is -0.301. The first kappa shape index (κ1) is 28.5. The Hall–Kier alpha value is -2.48. The van der Waals surface area contributed by atoms with E-state index in [2.05, 4.69) is 4.74 Å². The molecule has 0 saturated heterocycles.